The van der Waals surface area contributed by atoms with E-state index in [9.17, 15) is 4.79 Å². The Hall–Kier alpha value is -2.29. The first-order valence-corrected chi connectivity index (χ1v) is 10.1. The van der Waals surface area contributed by atoms with Crippen molar-refractivity contribution in [3.05, 3.63) is 57.7 Å². The number of H-pyrrole nitrogens is 1. The summed E-state index contributed by atoms with van der Waals surface area (Å²) in [5.41, 5.74) is 2.19. The summed E-state index contributed by atoms with van der Waals surface area (Å²) >= 11 is 6.88. The molecule has 3 rings (SSSR count). The van der Waals surface area contributed by atoms with Crippen molar-refractivity contribution in [1.29, 1.82) is 0 Å². The van der Waals surface area contributed by atoms with E-state index in [0.29, 0.717) is 37.5 Å². The highest BCUT2D eigenvalue weighted by Crippen LogP contribution is 2.22. The SMILES string of the molecule is CCOCc1ccc(CNC(=O)CCn2c(-c3cccs3)n[nH]c2=S)cc1. The van der Waals surface area contributed by atoms with E-state index in [1.54, 1.807) is 11.3 Å². The van der Waals surface area contributed by atoms with Crippen LogP contribution >= 0.6 is 23.6 Å². The molecule has 1 aromatic carbocycles. The van der Waals surface area contributed by atoms with Gasteiger partial charge in [-0.3, -0.25) is 14.5 Å². The van der Waals surface area contributed by atoms with Crippen molar-refractivity contribution in [2.24, 2.45) is 0 Å². The van der Waals surface area contributed by atoms with Crippen LogP contribution in [0.25, 0.3) is 10.7 Å². The number of hydrogen-bond acceptors (Lipinski definition) is 5. The summed E-state index contributed by atoms with van der Waals surface area (Å²) in [5, 5.41) is 12.0. The number of hydrogen-bond donors (Lipinski definition) is 2. The number of ether oxygens (including phenoxy) is 1. The van der Waals surface area contributed by atoms with Crippen molar-refractivity contribution < 1.29 is 9.53 Å². The molecule has 0 unspecified atom stereocenters. The van der Waals surface area contributed by atoms with Gasteiger partial charge >= 0.3 is 0 Å². The van der Waals surface area contributed by atoms with Gasteiger partial charge in [0.25, 0.3) is 0 Å². The molecule has 0 atom stereocenters. The lowest BCUT2D eigenvalue weighted by Gasteiger charge is -2.08. The normalized spacial score (nSPS) is 10.9. The Morgan fingerprint density at radius 3 is 2.78 bits per heavy atom. The van der Waals surface area contributed by atoms with Crippen LogP contribution in [0.3, 0.4) is 0 Å². The van der Waals surface area contributed by atoms with Gasteiger partial charge in [0.05, 0.1) is 11.5 Å². The zero-order valence-electron chi connectivity index (χ0n) is 15.1. The van der Waals surface area contributed by atoms with Gasteiger partial charge in [0, 0.05) is 26.1 Å². The van der Waals surface area contributed by atoms with E-state index in [-0.39, 0.29) is 5.91 Å². The number of aromatic nitrogens is 3. The molecule has 1 amide bonds. The molecule has 142 valence electrons. The average molecular weight is 403 g/mol. The maximum absolute atomic E-state index is 12.2. The molecule has 27 heavy (non-hydrogen) atoms. The number of nitrogens with one attached hydrogen (secondary N) is 2. The molecule has 2 heterocycles. The molecule has 0 aliphatic rings. The number of amides is 1. The second-order valence-corrected chi connectivity index (χ2v) is 7.30. The molecule has 8 heteroatoms. The third-order valence-electron chi connectivity index (χ3n) is 4.05. The summed E-state index contributed by atoms with van der Waals surface area (Å²) in [6.07, 6.45) is 0.342. The van der Waals surface area contributed by atoms with Crippen molar-refractivity contribution in [2.45, 2.75) is 33.0 Å². The fraction of sp³-hybridized carbons (Fsp3) is 0.316. The van der Waals surface area contributed by atoms with Gasteiger partial charge in [-0.2, -0.15) is 5.10 Å². The van der Waals surface area contributed by atoms with E-state index in [0.717, 1.165) is 21.8 Å². The van der Waals surface area contributed by atoms with Crippen molar-refractivity contribution in [1.82, 2.24) is 20.1 Å². The monoisotopic (exact) mass is 402 g/mol. The summed E-state index contributed by atoms with van der Waals surface area (Å²) in [5.74, 6) is 0.751. The van der Waals surface area contributed by atoms with E-state index in [2.05, 4.69) is 15.5 Å². The summed E-state index contributed by atoms with van der Waals surface area (Å²) in [7, 11) is 0. The van der Waals surface area contributed by atoms with Crippen LogP contribution in [-0.2, 0) is 29.2 Å². The Morgan fingerprint density at radius 2 is 2.07 bits per heavy atom. The van der Waals surface area contributed by atoms with E-state index in [1.807, 2.05) is 53.3 Å². The summed E-state index contributed by atoms with van der Waals surface area (Å²) < 4.78 is 7.77. The number of aromatic amines is 1. The lowest BCUT2D eigenvalue weighted by atomic mass is 10.1. The van der Waals surface area contributed by atoms with Gasteiger partial charge in [0.15, 0.2) is 10.6 Å². The lowest BCUT2D eigenvalue weighted by molar-refractivity contribution is -0.121. The minimum atomic E-state index is -0.0198. The Kier molecular flexibility index (Phi) is 6.92. The number of carbonyl (C=O) groups is 1. The van der Waals surface area contributed by atoms with Crippen LogP contribution in [-0.4, -0.2) is 27.3 Å². The maximum Gasteiger partial charge on any atom is 0.222 e. The molecular formula is C19H22N4O2S2. The molecule has 6 nitrogen and oxygen atoms in total. The summed E-state index contributed by atoms with van der Waals surface area (Å²) in [6, 6.07) is 12.0. The summed E-state index contributed by atoms with van der Waals surface area (Å²) in [4.78, 5) is 13.2. The van der Waals surface area contributed by atoms with Gasteiger partial charge in [-0.1, -0.05) is 30.3 Å². The predicted octanol–water partition coefficient (Wildman–Crippen LogP) is 3.91. The quantitative estimate of drug-likeness (QED) is 0.532. The van der Waals surface area contributed by atoms with E-state index >= 15 is 0 Å². The fourth-order valence-corrected chi connectivity index (χ4v) is 3.54. The molecule has 0 saturated carbocycles. The van der Waals surface area contributed by atoms with Crippen LogP contribution in [0.15, 0.2) is 41.8 Å². The minimum Gasteiger partial charge on any atom is -0.377 e. The van der Waals surface area contributed by atoms with Crippen LogP contribution in [0.5, 0.6) is 0 Å². The van der Waals surface area contributed by atoms with Gasteiger partial charge in [-0.15, -0.1) is 11.3 Å². The maximum atomic E-state index is 12.2. The molecule has 0 spiro atoms. The number of rotatable bonds is 9. The van der Waals surface area contributed by atoms with E-state index < -0.39 is 0 Å². The second-order valence-electron chi connectivity index (χ2n) is 5.96. The van der Waals surface area contributed by atoms with Gasteiger partial charge in [-0.05, 0) is 41.7 Å². The van der Waals surface area contributed by atoms with Crippen molar-refractivity contribution in [3.8, 4) is 10.7 Å². The highest BCUT2D eigenvalue weighted by Gasteiger charge is 2.11. The largest absolute Gasteiger partial charge is 0.377 e. The number of nitrogens with zero attached hydrogens (tertiary/aromatic N) is 2. The van der Waals surface area contributed by atoms with Crippen molar-refractivity contribution in [3.63, 3.8) is 0 Å². The van der Waals surface area contributed by atoms with Crippen LogP contribution < -0.4 is 5.32 Å². The third kappa shape index (κ3) is 5.35. The predicted molar refractivity (Wildman–Crippen MR) is 109 cm³/mol. The molecule has 2 aromatic heterocycles. The first-order valence-electron chi connectivity index (χ1n) is 8.78. The van der Waals surface area contributed by atoms with Crippen LogP contribution in [0.2, 0.25) is 0 Å². The van der Waals surface area contributed by atoms with E-state index in [4.69, 9.17) is 17.0 Å². The number of carbonyl (C=O) groups excluding carboxylic acids is 1. The second kappa shape index (κ2) is 9.59. The van der Waals surface area contributed by atoms with Crippen LogP contribution in [0.1, 0.15) is 24.5 Å². The first-order chi connectivity index (χ1) is 13.2. The Labute approximate surface area is 167 Å². The van der Waals surface area contributed by atoms with Gasteiger partial charge in [0.1, 0.15) is 0 Å². The van der Waals surface area contributed by atoms with Gasteiger partial charge in [0.2, 0.25) is 5.91 Å². The zero-order valence-corrected chi connectivity index (χ0v) is 16.7. The highest BCUT2D eigenvalue weighted by atomic mass is 32.1. The Balaban J connectivity index is 1.51. The summed E-state index contributed by atoms with van der Waals surface area (Å²) in [6.45, 7) is 4.28. The van der Waals surface area contributed by atoms with Gasteiger partial charge < -0.3 is 10.1 Å². The minimum absolute atomic E-state index is 0.0198. The molecule has 3 aromatic rings. The van der Waals surface area contributed by atoms with Crippen LogP contribution in [0, 0.1) is 4.77 Å². The van der Waals surface area contributed by atoms with Crippen molar-refractivity contribution in [2.75, 3.05) is 6.61 Å². The Morgan fingerprint density at radius 1 is 1.30 bits per heavy atom. The van der Waals surface area contributed by atoms with Crippen LogP contribution in [0.4, 0.5) is 0 Å². The third-order valence-corrected chi connectivity index (χ3v) is 5.23. The van der Waals surface area contributed by atoms with E-state index in [1.165, 1.54) is 0 Å². The average Bonchev–Trinajstić information content (AvgIpc) is 3.33. The molecule has 2 N–H and O–H groups in total. The zero-order chi connectivity index (χ0) is 19.1. The molecule has 0 radical (unpaired) electrons. The van der Waals surface area contributed by atoms with Gasteiger partial charge in [-0.25, -0.2) is 0 Å². The standard InChI is InChI=1S/C19H22N4O2S2/c1-2-25-13-15-7-5-14(6-8-15)12-20-17(24)9-10-23-18(21-22-19(23)26)16-4-3-11-27-16/h3-8,11H,2,9-10,12-13H2,1H3,(H,20,24)(H,22,26). The topological polar surface area (TPSA) is 71.9 Å². The smallest absolute Gasteiger partial charge is 0.222 e. The highest BCUT2D eigenvalue weighted by molar-refractivity contribution is 7.71. The Bertz CT molecular complexity index is 914. The lowest BCUT2D eigenvalue weighted by Crippen LogP contribution is -2.24. The molecular weight excluding hydrogens is 380 g/mol. The molecule has 0 aliphatic carbocycles. The first kappa shape index (κ1) is 19.5. The molecule has 0 aliphatic heterocycles. The molecule has 0 fully saturated rings. The number of benzene rings is 1. The molecule has 0 bridgehead atoms. The number of thiophene rings is 1. The molecule has 0 saturated heterocycles. The fourth-order valence-electron chi connectivity index (χ4n) is 2.59. The van der Waals surface area contributed by atoms with Crippen molar-refractivity contribution >= 4 is 29.5 Å².